The summed E-state index contributed by atoms with van der Waals surface area (Å²) in [4.78, 5) is 13.3. The van der Waals surface area contributed by atoms with Crippen molar-refractivity contribution in [3.63, 3.8) is 0 Å². The lowest BCUT2D eigenvalue weighted by molar-refractivity contribution is -0.0167. The summed E-state index contributed by atoms with van der Waals surface area (Å²) in [5, 5.41) is 20.5. The SMILES string of the molecule is O[C@@H]1[C@H](O)CO[C@H]1n1c(C#Cc2ccccc2)nc2c(Cl)nc(-c3ccco3)nc21. The van der Waals surface area contributed by atoms with Crippen LogP contribution in [0.25, 0.3) is 22.7 Å². The Hall–Kier alpha value is -3.22. The Labute approximate surface area is 175 Å². The van der Waals surface area contributed by atoms with E-state index >= 15 is 0 Å². The molecule has 30 heavy (non-hydrogen) atoms. The molecule has 1 aromatic carbocycles. The summed E-state index contributed by atoms with van der Waals surface area (Å²) in [6.45, 7) is -0.0269. The van der Waals surface area contributed by atoms with Gasteiger partial charge in [-0.05, 0) is 30.2 Å². The number of halogens is 1. The van der Waals surface area contributed by atoms with Crippen LogP contribution in [0.2, 0.25) is 5.15 Å². The van der Waals surface area contributed by atoms with E-state index in [2.05, 4.69) is 26.8 Å². The molecule has 5 rings (SSSR count). The predicted molar refractivity (Wildman–Crippen MR) is 107 cm³/mol. The fourth-order valence-electron chi connectivity index (χ4n) is 3.25. The molecule has 150 valence electrons. The molecular weight excluding hydrogens is 408 g/mol. The number of ether oxygens (including phenoxy) is 1. The Bertz CT molecular complexity index is 1260. The van der Waals surface area contributed by atoms with E-state index in [0.29, 0.717) is 16.9 Å². The molecule has 4 heterocycles. The van der Waals surface area contributed by atoms with Gasteiger partial charge in [-0.15, -0.1) is 0 Å². The number of aromatic nitrogens is 4. The summed E-state index contributed by atoms with van der Waals surface area (Å²) in [6, 6.07) is 12.8. The van der Waals surface area contributed by atoms with Crippen LogP contribution in [0.4, 0.5) is 0 Å². The van der Waals surface area contributed by atoms with Crippen molar-refractivity contribution in [2.45, 2.75) is 18.4 Å². The van der Waals surface area contributed by atoms with Gasteiger partial charge < -0.3 is 19.4 Å². The van der Waals surface area contributed by atoms with Crippen LogP contribution in [0.3, 0.4) is 0 Å². The minimum Gasteiger partial charge on any atom is -0.461 e. The van der Waals surface area contributed by atoms with Crippen molar-refractivity contribution in [3.05, 3.63) is 65.3 Å². The standard InChI is InChI=1S/C21H15ClN4O4/c22-18-16-20(25-19(24-18)14-7-4-10-29-14)26(21-17(28)13(27)11-30-21)15(23-16)9-8-12-5-2-1-3-6-12/h1-7,10,13,17,21,27-28H,11H2/t13-,17-,21-/m1/s1. The number of hydrogen-bond acceptors (Lipinski definition) is 7. The highest BCUT2D eigenvalue weighted by Gasteiger charge is 2.38. The van der Waals surface area contributed by atoms with Crippen LogP contribution in [0.15, 0.2) is 53.1 Å². The fraction of sp³-hybridized carbons (Fsp3) is 0.190. The Morgan fingerprint density at radius 2 is 1.87 bits per heavy atom. The molecule has 9 heteroatoms. The lowest BCUT2D eigenvalue weighted by Crippen LogP contribution is -2.29. The van der Waals surface area contributed by atoms with E-state index < -0.39 is 18.4 Å². The summed E-state index contributed by atoms with van der Waals surface area (Å²) >= 11 is 6.38. The van der Waals surface area contributed by atoms with Gasteiger partial charge >= 0.3 is 0 Å². The van der Waals surface area contributed by atoms with Crippen molar-refractivity contribution in [1.82, 2.24) is 19.5 Å². The van der Waals surface area contributed by atoms with Crippen LogP contribution in [-0.2, 0) is 4.74 Å². The van der Waals surface area contributed by atoms with E-state index in [9.17, 15) is 10.2 Å². The molecule has 0 saturated carbocycles. The van der Waals surface area contributed by atoms with Crippen LogP contribution in [0, 0.1) is 11.8 Å². The summed E-state index contributed by atoms with van der Waals surface area (Å²) in [5.74, 6) is 6.99. The molecule has 1 aliphatic rings. The number of imidazole rings is 1. The van der Waals surface area contributed by atoms with E-state index in [-0.39, 0.29) is 23.4 Å². The van der Waals surface area contributed by atoms with Gasteiger partial charge in [0.2, 0.25) is 0 Å². The zero-order valence-corrected chi connectivity index (χ0v) is 16.2. The number of hydrogen-bond donors (Lipinski definition) is 2. The molecule has 3 atom stereocenters. The van der Waals surface area contributed by atoms with Gasteiger partial charge in [0.15, 0.2) is 34.4 Å². The first-order valence-corrected chi connectivity index (χ1v) is 9.54. The zero-order chi connectivity index (χ0) is 20.7. The normalized spacial score (nSPS) is 21.0. The van der Waals surface area contributed by atoms with Gasteiger partial charge in [-0.2, -0.15) is 0 Å². The van der Waals surface area contributed by atoms with Crippen LogP contribution in [0.5, 0.6) is 0 Å². The molecule has 1 fully saturated rings. The smallest absolute Gasteiger partial charge is 0.199 e. The summed E-state index contributed by atoms with van der Waals surface area (Å²) in [5.41, 5.74) is 1.41. The first kappa shape index (κ1) is 18.8. The molecule has 0 amide bonds. The maximum absolute atomic E-state index is 10.5. The molecule has 0 aliphatic carbocycles. The monoisotopic (exact) mass is 422 g/mol. The minimum atomic E-state index is -1.18. The molecule has 3 aromatic heterocycles. The van der Waals surface area contributed by atoms with Gasteiger partial charge in [-0.1, -0.05) is 35.7 Å². The molecule has 0 radical (unpaired) electrons. The Morgan fingerprint density at radius 3 is 2.57 bits per heavy atom. The Morgan fingerprint density at radius 1 is 1.03 bits per heavy atom. The average molecular weight is 423 g/mol. The van der Waals surface area contributed by atoms with Crippen molar-refractivity contribution in [3.8, 4) is 23.4 Å². The van der Waals surface area contributed by atoms with Crippen molar-refractivity contribution in [1.29, 1.82) is 0 Å². The lowest BCUT2D eigenvalue weighted by atomic mass is 10.2. The van der Waals surface area contributed by atoms with E-state index in [1.807, 2.05) is 30.3 Å². The lowest BCUT2D eigenvalue weighted by Gasteiger charge is -2.18. The molecule has 0 unspecified atom stereocenters. The van der Waals surface area contributed by atoms with Crippen molar-refractivity contribution >= 4 is 22.8 Å². The average Bonchev–Trinajstić information content (AvgIpc) is 3.48. The second-order valence-electron chi connectivity index (χ2n) is 6.69. The van der Waals surface area contributed by atoms with Gasteiger partial charge in [0, 0.05) is 5.56 Å². The number of aliphatic hydroxyl groups excluding tert-OH is 2. The number of furan rings is 1. The number of benzene rings is 1. The van der Waals surface area contributed by atoms with Gasteiger partial charge in [0.05, 0.1) is 12.9 Å². The Kier molecular flexibility index (Phi) is 4.73. The van der Waals surface area contributed by atoms with Gasteiger partial charge in [-0.25, -0.2) is 15.0 Å². The number of aliphatic hydroxyl groups is 2. The second kappa shape index (κ2) is 7.55. The van der Waals surface area contributed by atoms with Crippen molar-refractivity contribution in [2.75, 3.05) is 6.61 Å². The third kappa shape index (κ3) is 3.24. The van der Waals surface area contributed by atoms with Crippen molar-refractivity contribution in [2.24, 2.45) is 0 Å². The fourth-order valence-corrected chi connectivity index (χ4v) is 3.45. The van der Waals surface area contributed by atoms with Crippen LogP contribution in [0.1, 0.15) is 17.6 Å². The molecular formula is C21H15ClN4O4. The van der Waals surface area contributed by atoms with Crippen LogP contribution >= 0.6 is 11.6 Å². The zero-order valence-electron chi connectivity index (χ0n) is 15.4. The summed E-state index contributed by atoms with van der Waals surface area (Å²) in [7, 11) is 0. The highest BCUT2D eigenvalue weighted by molar-refractivity contribution is 6.33. The van der Waals surface area contributed by atoms with Gasteiger partial charge in [-0.3, -0.25) is 4.57 Å². The number of rotatable bonds is 2. The largest absolute Gasteiger partial charge is 0.461 e. The molecule has 1 aliphatic heterocycles. The van der Waals surface area contributed by atoms with Crippen LogP contribution < -0.4 is 0 Å². The third-order valence-corrected chi connectivity index (χ3v) is 4.97. The highest BCUT2D eigenvalue weighted by Crippen LogP contribution is 2.32. The van der Waals surface area contributed by atoms with Gasteiger partial charge in [0.1, 0.15) is 17.7 Å². The van der Waals surface area contributed by atoms with Crippen LogP contribution in [-0.4, -0.2) is 48.5 Å². The van der Waals surface area contributed by atoms with Crippen molar-refractivity contribution < 1.29 is 19.4 Å². The summed E-state index contributed by atoms with van der Waals surface area (Å²) in [6.07, 6.45) is -1.64. The number of fused-ring (bicyclic) bond motifs is 1. The molecule has 8 nitrogen and oxygen atoms in total. The molecule has 2 N–H and O–H groups in total. The van der Waals surface area contributed by atoms with E-state index in [0.717, 1.165) is 5.56 Å². The quantitative estimate of drug-likeness (QED) is 0.377. The number of nitrogens with zero attached hydrogens (tertiary/aromatic N) is 4. The summed E-state index contributed by atoms with van der Waals surface area (Å²) < 4.78 is 12.5. The molecule has 0 spiro atoms. The molecule has 4 aromatic rings. The molecule has 0 bridgehead atoms. The topological polar surface area (TPSA) is 106 Å². The first-order valence-electron chi connectivity index (χ1n) is 9.16. The van der Waals surface area contributed by atoms with E-state index in [4.69, 9.17) is 20.8 Å². The van der Waals surface area contributed by atoms with Gasteiger partial charge in [0.25, 0.3) is 0 Å². The molecule has 1 saturated heterocycles. The third-order valence-electron chi connectivity index (χ3n) is 4.71. The highest BCUT2D eigenvalue weighted by atomic mass is 35.5. The van der Waals surface area contributed by atoms with E-state index in [1.54, 1.807) is 12.1 Å². The minimum absolute atomic E-state index is 0.0269. The second-order valence-corrected chi connectivity index (χ2v) is 7.05. The predicted octanol–water partition coefficient (Wildman–Crippen LogP) is 2.39. The first-order chi connectivity index (χ1) is 14.6. The maximum Gasteiger partial charge on any atom is 0.199 e. The maximum atomic E-state index is 10.5. The van der Waals surface area contributed by atoms with E-state index in [1.165, 1.54) is 10.8 Å². The Balaban J connectivity index is 1.72.